The summed E-state index contributed by atoms with van der Waals surface area (Å²) in [6.07, 6.45) is 3.82. The second-order valence-corrected chi connectivity index (χ2v) is 4.39. The van der Waals surface area contributed by atoms with Crippen molar-refractivity contribution in [3.8, 4) is 0 Å². The molecular weight excluding hydrogens is 194 g/mol. The van der Waals surface area contributed by atoms with E-state index in [2.05, 4.69) is 50.0 Å². The van der Waals surface area contributed by atoms with Crippen molar-refractivity contribution in [2.45, 2.75) is 39.2 Å². The largest absolute Gasteiger partial charge is 0.310 e. The first-order chi connectivity index (χ1) is 7.74. The number of nitrogens with one attached hydrogen (secondary N) is 1. The lowest BCUT2D eigenvalue weighted by molar-refractivity contribution is 0.522. The molecule has 0 bridgehead atoms. The van der Waals surface area contributed by atoms with Crippen LogP contribution in [-0.2, 0) is 0 Å². The van der Waals surface area contributed by atoms with Crippen LogP contribution in [0.25, 0.3) is 5.57 Å². The van der Waals surface area contributed by atoms with Crippen molar-refractivity contribution in [1.29, 1.82) is 0 Å². The van der Waals surface area contributed by atoms with Gasteiger partial charge in [0.1, 0.15) is 0 Å². The minimum Gasteiger partial charge on any atom is -0.310 e. The molecule has 1 atom stereocenters. The normalized spacial score (nSPS) is 12.4. The lowest BCUT2D eigenvalue weighted by Gasteiger charge is -2.14. The average Bonchev–Trinajstić information content (AvgIpc) is 2.34. The number of hydrogen-bond donors (Lipinski definition) is 1. The third-order valence-electron chi connectivity index (χ3n) is 2.84. The molecule has 0 radical (unpaired) electrons. The highest BCUT2D eigenvalue weighted by atomic mass is 14.9. The highest BCUT2D eigenvalue weighted by Gasteiger charge is 2.02. The molecule has 1 N–H and O–H groups in total. The maximum absolute atomic E-state index is 4.11. The van der Waals surface area contributed by atoms with Gasteiger partial charge in [0, 0.05) is 12.6 Å². The fourth-order valence-electron chi connectivity index (χ4n) is 1.69. The smallest absolute Gasteiger partial charge is 0.0208 e. The molecule has 0 aliphatic rings. The summed E-state index contributed by atoms with van der Waals surface area (Å²) in [5.74, 6) is 0. The van der Waals surface area contributed by atoms with Gasteiger partial charge in [-0.3, -0.25) is 0 Å². The molecule has 1 rings (SSSR count). The van der Waals surface area contributed by atoms with Crippen molar-refractivity contribution in [2.75, 3.05) is 6.54 Å². The molecule has 0 saturated heterocycles. The Morgan fingerprint density at radius 2 is 2.00 bits per heavy atom. The van der Waals surface area contributed by atoms with Crippen molar-refractivity contribution in [3.63, 3.8) is 0 Å². The van der Waals surface area contributed by atoms with Gasteiger partial charge in [-0.25, -0.2) is 0 Å². The minimum atomic E-state index is 0.584. The number of rotatable bonds is 7. The predicted octanol–water partition coefficient (Wildman–Crippen LogP) is 3.87. The molecule has 0 saturated carbocycles. The second-order valence-electron chi connectivity index (χ2n) is 4.39. The average molecular weight is 217 g/mol. The van der Waals surface area contributed by atoms with Gasteiger partial charge in [-0.1, -0.05) is 56.7 Å². The van der Waals surface area contributed by atoms with E-state index in [0.717, 1.165) is 6.54 Å². The summed E-state index contributed by atoms with van der Waals surface area (Å²) in [5.41, 5.74) is 2.40. The molecule has 16 heavy (non-hydrogen) atoms. The van der Waals surface area contributed by atoms with Crippen LogP contribution in [0.15, 0.2) is 36.9 Å². The zero-order valence-electron chi connectivity index (χ0n) is 10.5. The third kappa shape index (κ3) is 4.63. The molecule has 0 aliphatic heterocycles. The number of unbranched alkanes of at least 4 members (excludes halogenated alkanes) is 1. The molecule has 0 heterocycles. The van der Waals surface area contributed by atoms with Crippen LogP contribution < -0.4 is 5.32 Å². The van der Waals surface area contributed by atoms with Gasteiger partial charge >= 0.3 is 0 Å². The Balaban J connectivity index is 2.30. The molecular formula is C15H23N. The van der Waals surface area contributed by atoms with E-state index < -0.39 is 0 Å². The van der Waals surface area contributed by atoms with Gasteiger partial charge < -0.3 is 5.32 Å². The fourth-order valence-corrected chi connectivity index (χ4v) is 1.69. The van der Waals surface area contributed by atoms with Gasteiger partial charge in [0.15, 0.2) is 0 Å². The van der Waals surface area contributed by atoms with E-state index in [1.165, 1.54) is 30.4 Å². The van der Waals surface area contributed by atoms with Crippen molar-refractivity contribution in [2.24, 2.45) is 0 Å². The Bertz CT molecular complexity index is 302. The van der Waals surface area contributed by atoms with Gasteiger partial charge in [0.25, 0.3) is 0 Å². The maximum atomic E-state index is 4.11. The second kappa shape index (κ2) is 7.24. The maximum Gasteiger partial charge on any atom is 0.0208 e. The monoisotopic (exact) mass is 217 g/mol. The molecule has 1 nitrogen and oxygen atoms in total. The zero-order valence-corrected chi connectivity index (χ0v) is 10.5. The standard InChI is InChI=1S/C15H23N/c1-4-5-9-14(3)16-12-13(2)15-10-7-6-8-11-15/h6-8,10-11,14,16H,2,4-5,9,12H2,1,3H3. The van der Waals surface area contributed by atoms with E-state index >= 15 is 0 Å². The van der Waals surface area contributed by atoms with Crippen LogP contribution in [0.1, 0.15) is 38.7 Å². The molecule has 0 amide bonds. The molecule has 1 unspecified atom stereocenters. The lowest BCUT2D eigenvalue weighted by Crippen LogP contribution is -2.27. The third-order valence-corrected chi connectivity index (χ3v) is 2.84. The fraction of sp³-hybridized carbons (Fsp3) is 0.467. The molecule has 0 aromatic heterocycles. The number of hydrogen-bond acceptors (Lipinski definition) is 1. The summed E-state index contributed by atoms with van der Waals surface area (Å²) in [6, 6.07) is 11.0. The summed E-state index contributed by atoms with van der Waals surface area (Å²) in [6.45, 7) is 9.47. The summed E-state index contributed by atoms with van der Waals surface area (Å²) < 4.78 is 0. The van der Waals surface area contributed by atoms with Gasteiger partial charge in [-0.15, -0.1) is 0 Å². The van der Waals surface area contributed by atoms with Crippen LogP contribution in [0.3, 0.4) is 0 Å². The Morgan fingerprint density at radius 1 is 1.31 bits per heavy atom. The Hall–Kier alpha value is -1.08. The van der Waals surface area contributed by atoms with E-state index in [0.29, 0.717) is 6.04 Å². The summed E-state index contributed by atoms with van der Waals surface area (Å²) in [5, 5.41) is 3.52. The molecule has 1 aromatic carbocycles. The molecule has 1 aromatic rings. The molecule has 0 spiro atoms. The van der Waals surface area contributed by atoms with Crippen LogP contribution in [-0.4, -0.2) is 12.6 Å². The zero-order chi connectivity index (χ0) is 11.8. The van der Waals surface area contributed by atoms with Crippen molar-refractivity contribution in [3.05, 3.63) is 42.5 Å². The van der Waals surface area contributed by atoms with Crippen molar-refractivity contribution < 1.29 is 0 Å². The van der Waals surface area contributed by atoms with Crippen LogP contribution in [0.5, 0.6) is 0 Å². The highest BCUT2D eigenvalue weighted by molar-refractivity contribution is 5.64. The predicted molar refractivity (Wildman–Crippen MR) is 72.5 cm³/mol. The first-order valence-corrected chi connectivity index (χ1v) is 6.20. The summed E-state index contributed by atoms with van der Waals surface area (Å²) in [4.78, 5) is 0. The van der Waals surface area contributed by atoms with Crippen LogP contribution in [0, 0.1) is 0 Å². The minimum absolute atomic E-state index is 0.584. The van der Waals surface area contributed by atoms with Gasteiger partial charge in [-0.2, -0.15) is 0 Å². The SMILES string of the molecule is C=C(CNC(C)CCCC)c1ccccc1. The van der Waals surface area contributed by atoms with Crippen molar-refractivity contribution in [1.82, 2.24) is 5.32 Å². The van der Waals surface area contributed by atoms with Gasteiger partial charge in [-0.05, 0) is 24.5 Å². The highest BCUT2D eigenvalue weighted by Crippen LogP contribution is 2.10. The van der Waals surface area contributed by atoms with Crippen molar-refractivity contribution >= 4 is 5.57 Å². The lowest BCUT2D eigenvalue weighted by atomic mass is 10.1. The Labute approximate surface area is 99.6 Å². The number of benzene rings is 1. The van der Waals surface area contributed by atoms with E-state index in [1.54, 1.807) is 0 Å². The van der Waals surface area contributed by atoms with E-state index in [4.69, 9.17) is 0 Å². The van der Waals surface area contributed by atoms with E-state index in [-0.39, 0.29) is 0 Å². The van der Waals surface area contributed by atoms with Crippen LogP contribution >= 0.6 is 0 Å². The topological polar surface area (TPSA) is 12.0 Å². The molecule has 0 fully saturated rings. The first kappa shape index (κ1) is 13.0. The Morgan fingerprint density at radius 3 is 2.62 bits per heavy atom. The van der Waals surface area contributed by atoms with Crippen LogP contribution in [0.2, 0.25) is 0 Å². The van der Waals surface area contributed by atoms with Gasteiger partial charge in [0.05, 0.1) is 0 Å². The molecule has 1 heteroatoms. The Kier molecular flexibility index (Phi) is 5.87. The molecule has 88 valence electrons. The van der Waals surface area contributed by atoms with Crippen LogP contribution in [0.4, 0.5) is 0 Å². The molecule has 0 aliphatic carbocycles. The first-order valence-electron chi connectivity index (χ1n) is 6.20. The summed E-state index contributed by atoms with van der Waals surface area (Å²) >= 11 is 0. The summed E-state index contributed by atoms with van der Waals surface area (Å²) in [7, 11) is 0. The van der Waals surface area contributed by atoms with E-state index in [9.17, 15) is 0 Å². The van der Waals surface area contributed by atoms with Gasteiger partial charge in [0.2, 0.25) is 0 Å². The quantitative estimate of drug-likeness (QED) is 0.731. The van der Waals surface area contributed by atoms with E-state index in [1.807, 2.05) is 6.07 Å².